The Morgan fingerprint density at radius 3 is 2.25 bits per heavy atom. The molecule has 1 aromatic rings. The van der Waals surface area contributed by atoms with E-state index in [-0.39, 0.29) is 36.3 Å². The lowest BCUT2D eigenvalue weighted by Crippen LogP contribution is -2.58. The Labute approximate surface area is 141 Å². The van der Waals surface area contributed by atoms with Gasteiger partial charge in [-0.2, -0.15) is 0 Å². The van der Waals surface area contributed by atoms with E-state index in [9.17, 15) is 18.0 Å². The molecule has 1 aromatic carbocycles. The van der Waals surface area contributed by atoms with E-state index in [0.29, 0.717) is 5.56 Å². The topological polar surface area (TPSA) is 116 Å². The SMILES string of the molecule is COC(=O)c1ccc(C(C)NC(=O)C2(N)CCS(=O)(=O)CC2)cc1. The van der Waals surface area contributed by atoms with E-state index < -0.39 is 21.3 Å². The minimum atomic E-state index is -3.09. The second kappa shape index (κ2) is 6.90. The zero-order valence-corrected chi connectivity index (χ0v) is 14.6. The third kappa shape index (κ3) is 4.12. The molecular weight excluding hydrogens is 332 g/mol. The summed E-state index contributed by atoms with van der Waals surface area (Å²) in [6.07, 6.45) is 0.240. The number of carbonyl (C=O) groups excluding carboxylic acids is 2. The number of hydrogen-bond donors (Lipinski definition) is 2. The van der Waals surface area contributed by atoms with Crippen LogP contribution in [-0.2, 0) is 19.4 Å². The van der Waals surface area contributed by atoms with Crippen LogP contribution in [0.4, 0.5) is 0 Å². The van der Waals surface area contributed by atoms with Crippen molar-refractivity contribution in [3.8, 4) is 0 Å². The van der Waals surface area contributed by atoms with Gasteiger partial charge in [-0.25, -0.2) is 13.2 Å². The van der Waals surface area contributed by atoms with Gasteiger partial charge in [0, 0.05) is 0 Å². The second-order valence-electron chi connectivity index (χ2n) is 6.12. The summed E-state index contributed by atoms with van der Waals surface area (Å²) in [4.78, 5) is 23.8. The zero-order valence-electron chi connectivity index (χ0n) is 13.7. The highest BCUT2D eigenvalue weighted by molar-refractivity contribution is 7.91. The number of ether oxygens (including phenoxy) is 1. The Morgan fingerprint density at radius 1 is 1.21 bits per heavy atom. The Morgan fingerprint density at radius 2 is 1.75 bits per heavy atom. The molecule has 7 nitrogen and oxygen atoms in total. The third-order valence-corrected chi connectivity index (χ3v) is 6.00. The summed E-state index contributed by atoms with van der Waals surface area (Å²) in [6.45, 7) is 1.80. The third-order valence-electron chi connectivity index (χ3n) is 4.35. The molecule has 3 N–H and O–H groups in total. The number of carbonyl (C=O) groups is 2. The molecule has 0 aromatic heterocycles. The molecule has 2 rings (SSSR count). The molecule has 1 unspecified atom stereocenters. The largest absolute Gasteiger partial charge is 0.465 e. The molecule has 1 amide bonds. The van der Waals surface area contributed by atoms with E-state index in [1.807, 2.05) is 0 Å². The molecule has 0 saturated carbocycles. The molecule has 1 atom stereocenters. The number of nitrogens with two attached hydrogens (primary N) is 1. The highest BCUT2D eigenvalue weighted by atomic mass is 32.2. The van der Waals surface area contributed by atoms with Crippen molar-refractivity contribution in [2.45, 2.75) is 31.3 Å². The standard InChI is InChI=1S/C16H22N2O5S/c1-11(12-3-5-13(6-4-12)14(19)23-2)18-15(20)16(17)7-9-24(21,22)10-8-16/h3-6,11H,7-10,17H2,1-2H3,(H,18,20). The molecule has 1 fully saturated rings. The first-order valence-corrected chi connectivity index (χ1v) is 9.47. The number of sulfone groups is 1. The maximum atomic E-state index is 12.4. The van der Waals surface area contributed by atoms with Crippen LogP contribution in [0.25, 0.3) is 0 Å². The molecule has 132 valence electrons. The summed E-state index contributed by atoms with van der Waals surface area (Å²) >= 11 is 0. The van der Waals surface area contributed by atoms with E-state index in [4.69, 9.17) is 5.73 Å². The van der Waals surface area contributed by atoms with Gasteiger partial charge in [-0.3, -0.25) is 4.79 Å². The Balaban J connectivity index is 2.02. The zero-order chi connectivity index (χ0) is 18.0. The van der Waals surface area contributed by atoms with Crippen molar-refractivity contribution in [2.75, 3.05) is 18.6 Å². The van der Waals surface area contributed by atoms with E-state index >= 15 is 0 Å². The van der Waals surface area contributed by atoms with Crippen molar-refractivity contribution < 1.29 is 22.7 Å². The minimum absolute atomic E-state index is 0.0703. The molecule has 0 spiro atoms. The smallest absolute Gasteiger partial charge is 0.337 e. The highest BCUT2D eigenvalue weighted by Gasteiger charge is 2.40. The van der Waals surface area contributed by atoms with E-state index in [2.05, 4.69) is 10.1 Å². The lowest BCUT2D eigenvalue weighted by atomic mass is 9.92. The highest BCUT2D eigenvalue weighted by Crippen LogP contribution is 2.23. The van der Waals surface area contributed by atoms with Crippen molar-refractivity contribution in [1.82, 2.24) is 5.32 Å². The monoisotopic (exact) mass is 354 g/mol. The van der Waals surface area contributed by atoms with Crippen LogP contribution in [-0.4, -0.2) is 44.4 Å². The van der Waals surface area contributed by atoms with Crippen molar-refractivity contribution in [3.63, 3.8) is 0 Å². The Bertz CT molecular complexity index is 713. The number of nitrogens with one attached hydrogen (secondary N) is 1. The van der Waals surface area contributed by atoms with Gasteiger partial charge in [0.1, 0.15) is 9.84 Å². The molecule has 1 heterocycles. The van der Waals surface area contributed by atoms with Gasteiger partial charge in [-0.05, 0) is 37.5 Å². The van der Waals surface area contributed by atoms with Crippen molar-refractivity contribution in [1.29, 1.82) is 0 Å². The van der Waals surface area contributed by atoms with E-state index in [1.165, 1.54) is 7.11 Å². The molecule has 1 aliphatic heterocycles. The van der Waals surface area contributed by atoms with Crippen LogP contribution < -0.4 is 11.1 Å². The first kappa shape index (κ1) is 18.4. The molecule has 24 heavy (non-hydrogen) atoms. The number of methoxy groups -OCH3 is 1. The van der Waals surface area contributed by atoms with Gasteiger partial charge in [-0.15, -0.1) is 0 Å². The molecule has 1 saturated heterocycles. The quantitative estimate of drug-likeness (QED) is 0.763. The maximum Gasteiger partial charge on any atom is 0.337 e. The molecule has 8 heteroatoms. The minimum Gasteiger partial charge on any atom is -0.465 e. The second-order valence-corrected chi connectivity index (χ2v) is 8.42. The molecule has 0 aliphatic carbocycles. The number of hydrogen-bond acceptors (Lipinski definition) is 6. The van der Waals surface area contributed by atoms with Crippen LogP contribution in [0.1, 0.15) is 41.7 Å². The fraction of sp³-hybridized carbons (Fsp3) is 0.500. The summed E-state index contributed by atoms with van der Waals surface area (Å²) < 4.78 is 27.6. The number of esters is 1. The molecule has 0 radical (unpaired) electrons. The van der Waals surface area contributed by atoms with Gasteiger partial charge in [-0.1, -0.05) is 12.1 Å². The molecule has 1 aliphatic rings. The predicted molar refractivity (Wildman–Crippen MR) is 89.1 cm³/mol. The summed E-state index contributed by atoms with van der Waals surface area (Å²) in [7, 11) is -1.78. The van der Waals surface area contributed by atoms with E-state index in [1.54, 1.807) is 31.2 Å². The fourth-order valence-electron chi connectivity index (χ4n) is 2.58. The van der Waals surface area contributed by atoms with Gasteiger partial charge >= 0.3 is 5.97 Å². The van der Waals surface area contributed by atoms with Crippen molar-refractivity contribution in [2.24, 2.45) is 5.73 Å². The van der Waals surface area contributed by atoms with Gasteiger partial charge in [0.2, 0.25) is 5.91 Å². The van der Waals surface area contributed by atoms with Crippen LogP contribution in [0.15, 0.2) is 24.3 Å². The van der Waals surface area contributed by atoms with Gasteiger partial charge < -0.3 is 15.8 Å². The molecular formula is C16H22N2O5S. The van der Waals surface area contributed by atoms with Crippen molar-refractivity contribution in [3.05, 3.63) is 35.4 Å². The Kier molecular flexibility index (Phi) is 5.29. The summed E-state index contributed by atoms with van der Waals surface area (Å²) in [5.74, 6) is -0.928. The van der Waals surface area contributed by atoms with Crippen LogP contribution in [0.5, 0.6) is 0 Å². The fourth-order valence-corrected chi connectivity index (χ4v) is 4.13. The number of amides is 1. The van der Waals surface area contributed by atoms with E-state index in [0.717, 1.165) is 5.56 Å². The van der Waals surface area contributed by atoms with Gasteiger partial charge in [0.05, 0.1) is 35.8 Å². The maximum absolute atomic E-state index is 12.4. The van der Waals surface area contributed by atoms with Gasteiger partial charge in [0.15, 0.2) is 0 Å². The Hall–Kier alpha value is -1.93. The van der Waals surface area contributed by atoms with Gasteiger partial charge in [0.25, 0.3) is 0 Å². The normalized spacial score (nSPS) is 20.0. The lowest BCUT2D eigenvalue weighted by Gasteiger charge is -2.33. The first-order chi connectivity index (χ1) is 11.2. The average molecular weight is 354 g/mol. The van der Waals surface area contributed by atoms with Crippen LogP contribution in [0.2, 0.25) is 0 Å². The van der Waals surface area contributed by atoms with Crippen molar-refractivity contribution >= 4 is 21.7 Å². The van der Waals surface area contributed by atoms with Crippen LogP contribution in [0.3, 0.4) is 0 Å². The number of rotatable bonds is 4. The lowest BCUT2D eigenvalue weighted by molar-refractivity contribution is -0.127. The average Bonchev–Trinajstić information content (AvgIpc) is 2.57. The first-order valence-electron chi connectivity index (χ1n) is 7.65. The summed E-state index contributed by atoms with van der Waals surface area (Å²) in [6, 6.07) is 6.38. The number of benzene rings is 1. The summed E-state index contributed by atoms with van der Waals surface area (Å²) in [5.41, 5.74) is 6.17. The summed E-state index contributed by atoms with van der Waals surface area (Å²) in [5, 5.41) is 2.82. The predicted octanol–water partition coefficient (Wildman–Crippen LogP) is 0.557. The van der Waals surface area contributed by atoms with Crippen LogP contribution >= 0.6 is 0 Å². The van der Waals surface area contributed by atoms with Crippen LogP contribution in [0, 0.1) is 0 Å². The molecule has 0 bridgehead atoms.